The number of amides is 1. The van der Waals surface area contributed by atoms with Gasteiger partial charge in [0.2, 0.25) is 11.8 Å². The summed E-state index contributed by atoms with van der Waals surface area (Å²) in [5.41, 5.74) is 0.963. The molecule has 0 spiro atoms. The first kappa shape index (κ1) is 20.2. The molecule has 6 nitrogen and oxygen atoms in total. The molecular weight excluding hydrogens is 396 g/mol. The van der Waals surface area contributed by atoms with E-state index in [-0.39, 0.29) is 24.3 Å². The molecule has 0 unspecified atom stereocenters. The van der Waals surface area contributed by atoms with E-state index in [1.165, 1.54) is 29.4 Å². The Morgan fingerprint density at radius 1 is 1.25 bits per heavy atom. The van der Waals surface area contributed by atoms with Crippen molar-refractivity contribution in [2.24, 2.45) is 0 Å². The average Bonchev–Trinajstić information content (AvgIpc) is 3.35. The van der Waals surface area contributed by atoms with Crippen molar-refractivity contribution >= 4 is 35.0 Å². The van der Waals surface area contributed by atoms with Crippen LogP contribution in [0.5, 0.6) is 0 Å². The van der Waals surface area contributed by atoms with E-state index < -0.39 is 5.97 Å². The van der Waals surface area contributed by atoms with Crippen molar-refractivity contribution < 1.29 is 18.7 Å². The van der Waals surface area contributed by atoms with Gasteiger partial charge in [-0.1, -0.05) is 18.2 Å². The van der Waals surface area contributed by atoms with Crippen LogP contribution in [-0.2, 0) is 16.1 Å². The van der Waals surface area contributed by atoms with Crippen LogP contribution in [0.15, 0.2) is 57.4 Å². The number of hydrogen-bond acceptors (Lipinski definition) is 7. The van der Waals surface area contributed by atoms with Crippen molar-refractivity contribution in [1.82, 2.24) is 10.3 Å². The zero-order chi connectivity index (χ0) is 19.9. The molecule has 0 atom stereocenters. The fourth-order valence-corrected chi connectivity index (χ4v) is 3.88. The summed E-state index contributed by atoms with van der Waals surface area (Å²) < 4.78 is 10.8. The van der Waals surface area contributed by atoms with Gasteiger partial charge in [-0.25, -0.2) is 9.78 Å². The molecule has 0 aliphatic rings. The molecule has 1 amide bonds. The number of thiophene rings is 1. The molecule has 2 heterocycles. The molecule has 0 bridgehead atoms. The van der Waals surface area contributed by atoms with Crippen molar-refractivity contribution in [3.8, 4) is 10.8 Å². The minimum absolute atomic E-state index is 0.0144. The highest BCUT2D eigenvalue weighted by Gasteiger charge is 2.16. The van der Waals surface area contributed by atoms with Gasteiger partial charge in [0, 0.05) is 10.9 Å². The van der Waals surface area contributed by atoms with E-state index in [4.69, 9.17) is 9.15 Å². The predicted molar refractivity (Wildman–Crippen MR) is 109 cm³/mol. The van der Waals surface area contributed by atoms with Gasteiger partial charge in [-0.05, 0) is 37.4 Å². The van der Waals surface area contributed by atoms with Gasteiger partial charge in [-0.2, -0.15) is 0 Å². The maximum Gasteiger partial charge on any atom is 0.339 e. The smallest absolute Gasteiger partial charge is 0.339 e. The van der Waals surface area contributed by atoms with Crippen LogP contribution in [0.2, 0.25) is 0 Å². The number of benzene rings is 1. The number of oxazole rings is 1. The van der Waals surface area contributed by atoms with Crippen LogP contribution in [0.1, 0.15) is 29.9 Å². The van der Waals surface area contributed by atoms with Crippen LogP contribution in [-0.4, -0.2) is 28.7 Å². The largest absolute Gasteiger partial charge is 0.455 e. The molecular formula is C20H20N2O4S2. The monoisotopic (exact) mass is 416 g/mol. The summed E-state index contributed by atoms with van der Waals surface area (Å²) in [6.07, 6.45) is 1.49. The van der Waals surface area contributed by atoms with Gasteiger partial charge < -0.3 is 14.5 Å². The summed E-state index contributed by atoms with van der Waals surface area (Å²) in [6.45, 7) is 3.82. The van der Waals surface area contributed by atoms with Crippen molar-refractivity contribution in [2.75, 3.05) is 5.75 Å². The second kappa shape index (κ2) is 9.57. The highest BCUT2D eigenvalue weighted by atomic mass is 32.2. The van der Waals surface area contributed by atoms with Crippen molar-refractivity contribution in [1.29, 1.82) is 0 Å². The van der Waals surface area contributed by atoms with E-state index in [0.717, 1.165) is 4.88 Å². The van der Waals surface area contributed by atoms with Gasteiger partial charge in [0.25, 0.3) is 0 Å². The number of aromatic nitrogens is 1. The van der Waals surface area contributed by atoms with Gasteiger partial charge in [0.05, 0.1) is 16.2 Å². The number of nitrogens with zero attached hydrogens (tertiary/aromatic N) is 1. The van der Waals surface area contributed by atoms with Crippen LogP contribution in [0.3, 0.4) is 0 Å². The molecule has 0 radical (unpaired) electrons. The third kappa shape index (κ3) is 5.46. The molecule has 3 rings (SSSR count). The van der Waals surface area contributed by atoms with Gasteiger partial charge in [0.1, 0.15) is 18.6 Å². The number of rotatable bonds is 8. The highest BCUT2D eigenvalue weighted by Crippen LogP contribution is 2.25. The quantitative estimate of drug-likeness (QED) is 0.434. The summed E-state index contributed by atoms with van der Waals surface area (Å²) in [5.74, 6) is 0.198. The van der Waals surface area contributed by atoms with E-state index in [0.29, 0.717) is 22.0 Å². The van der Waals surface area contributed by atoms with Crippen LogP contribution < -0.4 is 5.32 Å². The molecule has 0 saturated heterocycles. The number of carbonyl (C=O) groups excluding carboxylic acids is 2. The number of thioether (sulfide) groups is 1. The Morgan fingerprint density at radius 2 is 2.07 bits per heavy atom. The molecule has 2 aromatic heterocycles. The Morgan fingerprint density at radius 3 is 2.82 bits per heavy atom. The Labute approximate surface area is 171 Å². The second-order valence-electron chi connectivity index (χ2n) is 6.20. The van der Waals surface area contributed by atoms with Gasteiger partial charge in [0.15, 0.2) is 0 Å². The number of nitrogens with one attached hydrogen (secondary N) is 1. The average molecular weight is 417 g/mol. The van der Waals surface area contributed by atoms with Gasteiger partial charge in [-0.3, -0.25) is 4.79 Å². The summed E-state index contributed by atoms with van der Waals surface area (Å²) in [5, 5.41) is 4.77. The topological polar surface area (TPSA) is 81.4 Å². The van der Waals surface area contributed by atoms with Crippen molar-refractivity contribution in [2.45, 2.75) is 31.4 Å². The SMILES string of the molecule is CC(C)NC(=O)CSc1ccccc1C(=O)OCc1coc(-c2cccs2)n1. The Bertz CT molecular complexity index is 935. The zero-order valence-corrected chi connectivity index (χ0v) is 17.1. The third-order valence-corrected chi connectivity index (χ3v) is 5.48. The molecule has 1 aromatic carbocycles. The van der Waals surface area contributed by atoms with Crippen LogP contribution in [0.4, 0.5) is 0 Å². The molecule has 0 aliphatic carbocycles. The maximum atomic E-state index is 12.5. The number of carbonyl (C=O) groups is 2. The van der Waals surface area contributed by atoms with E-state index in [1.54, 1.807) is 18.2 Å². The summed E-state index contributed by atoms with van der Waals surface area (Å²) in [6, 6.07) is 11.0. The van der Waals surface area contributed by atoms with E-state index in [2.05, 4.69) is 10.3 Å². The molecule has 8 heteroatoms. The number of ether oxygens (including phenoxy) is 1. The predicted octanol–water partition coefficient (Wildman–Crippen LogP) is 4.38. The van der Waals surface area contributed by atoms with Crippen LogP contribution in [0.25, 0.3) is 10.8 Å². The number of hydrogen-bond donors (Lipinski definition) is 1. The zero-order valence-electron chi connectivity index (χ0n) is 15.5. The highest BCUT2D eigenvalue weighted by molar-refractivity contribution is 8.00. The van der Waals surface area contributed by atoms with Crippen molar-refractivity contribution in [3.63, 3.8) is 0 Å². The Hall–Kier alpha value is -2.58. The minimum atomic E-state index is -0.465. The first-order chi connectivity index (χ1) is 13.5. The van der Waals surface area contributed by atoms with Gasteiger partial charge >= 0.3 is 5.97 Å². The standard InChI is InChI=1S/C20H20N2O4S2/c1-13(2)21-18(23)12-28-16-7-4-3-6-15(16)20(24)26-11-14-10-25-19(22-14)17-8-5-9-27-17/h3-10,13H,11-12H2,1-2H3,(H,21,23). The summed E-state index contributed by atoms with van der Waals surface area (Å²) in [4.78, 5) is 30.3. The molecule has 146 valence electrons. The molecule has 3 aromatic rings. The van der Waals surface area contributed by atoms with Gasteiger partial charge in [-0.15, -0.1) is 23.1 Å². The van der Waals surface area contributed by atoms with E-state index >= 15 is 0 Å². The van der Waals surface area contributed by atoms with Crippen LogP contribution in [0, 0.1) is 0 Å². The Balaban J connectivity index is 1.59. The van der Waals surface area contributed by atoms with E-state index in [1.807, 2.05) is 37.4 Å². The fraction of sp³-hybridized carbons (Fsp3) is 0.250. The first-order valence-electron chi connectivity index (χ1n) is 8.69. The lowest BCUT2D eigenvalue weighted by molar-refractivity contribution is -0.119. The fourth-order valence-electron chi connectivity index (χ4n) is 2.37. The molecule has 0 saturated carbocycles. The summed E-state index contributed by atoms with van der Waals surface area (Å²) >= 11 is 2.83. The molecule has 0 fully saturated rings. The normalized spacial score (nSPS) is 10.8. The lowest BCUT2D eigenvalue weighted by Gasteiger charge is -2.10. The van der Waals surface area contributed by atoms with E-state index in [9.17, 15) is 9.59 Å². The minimum Gasteiger partial charge on any atom is -0.455 e. The van der Waals surface area contributed by atoms with Crippen LogP contribution >= 0.6 is 23.1 Å². The lowest BCUT2D eigenvalue weighted by Crippen LogP contribution is -2.31. The second-order valence-corrected chi connectivity index (χ2v) is 8.17. The third-order valence-electron chi connectivity index (χ3n) is 3.55. The summed E-state index contributed by atoms with van der Waals surface area (Å²) in [7, 11) is 0. The Kier molecular flexibility index (Phi) is 6.89. The number of esters is 1. The molecule has 0 aliphatic heterocycles. The van der Waals surface area contributed by atoms with Crippen molar-refractivity contribution in [3.05, 3.63) is 59.3 Å². The molecule has 28 heavy (non-hydrogen) atoms. The maximum absolute atomic E-state index is 12.5. The molecule has 1 N–H and O–H groups in total. The lowest BCUT2D eigenvalue weighted by atomic mass is 10.2. The first-order valence-corrected chi connectivity index (χ1v) is 10.6.